The van der Waals surface area contributed by atoms with Crippen LogP contribution >= 0.6 is 11.6 Å². The van der Waals surface area contributed by atoms with Gasteiger partial charge in [0, 0.05) is 17.3 Å². The third-order valence-corrected chi connectivity index (χ3v) is 3.80. The summed E-state index contributed by atoms with van der Waals surface area (Å²) in [6.07, 6.45) is 0. The molecule has 0 aliphatic carbocycles. The van der Waals surface area contributed by atoms with Crippen molar-refractivity contribution in [3.05, 3.63) is 63.7 Å². The number of rotatable bonds is 4. The molecule has 0 bridgehead atoms. The quantitative estimate of drug-likeness (QED) is 0.876. The molecule has 0 aromatic heterocycles. The van der Waals surface area contributed by atoms with Crippen molar-refractivity contribution < 1.29 is 0 Å². The monoisotopic (exact) mass is 288 g/mol. The van der Waals surface area contributed by atoms with E-state index in [1.54, 1.807) is 0 Å². The lowest BCUT2D eigenvalue weighted by Crippen LogP contribution is -2.20. The Morgan fingerprint density at radius 1 is 1.05 bits per heavy atom. The normalized spacial score (nSPS) is 12.2. The third-order valence-electron chi connectivity index (χ3n) is 3.39. The van der Waals surface area contributed by atoms with Gasteiger partial charge < -0.3 is 11.1 Å². The van der Waals surface area contributed by atoms with Crippen LogP contribution in [0.2, 0.25) is 5.02 Å². The SMILES string of the molecule is Cc1cc(C)cc(C(CN)Nc2ccc(C)c(Cl)c2)c1. The molecule has 106 valence electrons. The summed E-state index contributed by atoms with van der Waals surface area (Å²) < 4.78 is 0. The van der Waals surface area contributed by atoms with Gasteiger partial charge in [0.25, 0.3) is 0 Å². The van der Waals surface area contributed by atoms with Gasteiger partial charge in [-0.3, -0.25) is 0 Å². The standard InChI is InChI=1S/C17H21ClN2/c1-11-6-12(2)8-14(7-11)17(10-19)20-15-5-4-13(3)16(18)9-15/h4-9,17,20H,10,19H2,1-3H3. The molecule has 0 aliphatic rings. The molecule has 20 heavy (non-hydrogen) atoms. The zero-order valence-corrected chi connectivity index (χ0v) is 13.0. The Balaban J connectivity index is 2.26. The fourth-order valence-electron chi connectivity index (χ4n) is 2.37. The van der Waals surface area contributed by atoms with Crippen LogP contribution in [-0.2, 0) is 0 Å². The predicted octanol–water partition coefficient (Wildman–Crippen LogP) is 4.38. The van der Waals surface area contributed by atoms with E-state index >= 15 is 0 Å². The minimum Gasteiger partial charge on any atom is -0.377 e. The topological polar surface area (TPSA) is 38.0 Å². The van der Waals surface area contributed by atoms with Crippen molar-refractivity contribution in [3.63, 3.8) is 0 Å². The summed E-state index contributed by atoms with van der Waals surface area (Å²) in [6, 6.07) is 12.6. The highest BCUT2D eigenvalue weighted by Crippen LogP contribution is 2.25. The first-order chi connectivity index (χ1) is 9.49. The minimum absolute atomic E-state index is 0.0902. The number of benzene rings is 2. The molecule has 3 heteroatoms. The summed E-state index contributed by atoms with van der Waals surface area (Å²) in [6.45, 7) is 6.74. The van der Waals surface area contributed by atoms with E-state index in [9.17, 15) is 0 Å². The zero-order chi connectivity index (χ0) is 14.7. The number of nitrogens with two attached hydrogens (primary N) is 1. The van der Waals surface area contributed by atoms with Crippen LogP contribution in [0.5, 0.6) is 0 Å². The Bertz CT molecular complexity index is 588. The Labute approximate surface area is 126 Å². The lowest BCUT2D eigenvalue weighted by Gasteiger charge is -2.20. The van der Waals surface area contributed by atoms with Gasteiger partial charge in [0.1, 0.15) is 0 Å². The summed E-state index contributed by atoms with van der Waals surface area (Å²) in [4.78, 5) is 0. The molecule has 0 radical (unpaired) electrons. The first-order valence-electron chi connectivity index (χ1n) is 6.80. The maximum absolute atomic E-state index is 6.17. The summed E-state index contributed by atoms with van der Waals surface area (Å²) in [5, 5.41) is 4.23. The van der Waals surface area contributed by atoms with E-state index in [-0.39, 0.29) is 6.04 Å². The molecule has 0 saturated carbocycles. The van der Waals surface area contributed by atoms with Gasteiger partial charge in [0.15, 0.2) is 0 Å². The van der Waals surface area contributed by atoms with Gasteiger partial charge in [-0.1, -0.05) is 47.0 Å². The first kappa shape index (κ1) is 14.9. The van der Waals surface area contributed by atoms with Crippen molar-refractivity contribution in [1.29, 1.82) is 0 Å². The van der Waals surface area contributed by atoms with Gasteiger partial charge in [-0.05, 0) is 44.0 Å². The lowest BCUT2D eigenvalue weighted by molar-refractivity contribution is 0.788. The lowest BCUT2D eigenvalue weighted by atomic mass is 10.0. The predicted molar refractivity (Wildman–Crippen MR) is 87.5 cm³/mol. The average molecular weight is 289 g/mol. The van der Waals surface area contributed by atoms with E-state index in [4.69, 9.17) is 17.3 Å². The molecule has 0 spiro atoms. The number of aryl methyl sites for hydroxylation is 3. The van der Waals surface area contributed by atoms with E-state index in [2.05, 4.69) is 37.4 Å². The first-order valence-corrected chi connectivity index (χ1v) is 7.18. The second-order valence-electron chi connectivity index (χ2n) is 5.32. The van der Waals surface area contributed by atoms with Crippen LogP contribution < -0.4 is 11.1 Å². The molecule has 3 N–H and O–H groups in total. The Morgan fingerprint density at radius 2 is 1.70 bits per heavy atom. The molecule has 0 saturated heterocycles. The van der Waals surface area contributed by atoms with E-state index in [0.29, 0.717) is 6.54 Å². The van der Waals surface area contributed by atoms with Crippen molar-refractivity contribution in [3.8, 4) is 0 Å². The van der Waals surface area contributed by atoms with Gasteiger partial charge in [-0.2, -0.15) is 0 Å². The van der Waals surface area contributed by atoms with Crippen molar-refractivity contribution in [2.75, 3.05) is 11.9 Å². The van der Waals surface area contributed by atoms with Crippen LogP contribution in [0.4, 0.5) is 5.69 Å². The van der Waals surface area contributed by atoms with Crippen molar-refractivity contribution in [1.82, 2.24) is 0 Å². The average Bonchev–Trinajstić information content (AvgIpc) is 2.38. The number of halogens is 1. The molecule has 1 unspecified atom stereocenters. The van der Waals surface area contributed by atoms with Crippen molar-refractivity contribution in [2.45, 2.75) is 26.8 Å². The van der Waals surface area contributed by atoms with Crippen LogP contribution in [0, 0.1) is 20.8 Å². The molecule has 0 heterocycles. The van der Waals surface area contributed by atoms with E-state index in [1.807, 2.05) is 25.1 Å². The molecule has 0 aliphatic heterocycles. The van der Waals surface area contributed by atoms with Crippen LogP contribution in [0.1, 0.15) is 28.3 Å². The van der Waals surface area contributed by atoms with E-state index in [0.717, 1.165) is 16.3 Å². The maximum Gasteiger partial charge on any atom is 0.0636 e. The Morgan fingerprint density at radius 3 is 2.25 bits per heavy atom. The van der Waals surface area contributed by atoms with Gasteiger partial charge >= 0.3 is 0 Å². The number of hydrogen-bond acceptors (Lipinski definition) is 2. The third kappa shape index (κ3) is 3.53. The second-order valence-corrected chi connectivity index (χ2v) is 5.72. The molecule has 1 atom stereocenters. The van der Waals surface area contributed by atoms with Crippen LogP contribution in [-0.4, -0.2) is 6.54 Å². The molecule has 2 nitrogen and oxygen atoms in total. The Kier molecular flexibility index (Phi) is 4.69. The van der Waals surface area contributed by atoms with Gasteiger partial charge in [-0.25, -0.2) is 0 Å². The van der Waals surface area contributed by atoms with Gasteiger partial charge in [-0.15, -0.1) is 0 Å². The summed E-state index contributed by atoms with van der Waals surface area (Å²) in [5.41, 5.74) is 11.7. The van der Waals surface area contributed by atoms with E-state index < -0.39 is 0 Å². The fourth-order valence-corrected chi connectivity index (χ4v) is 2.55. The maximum atomic E-state index is 6.17. The number of nitrogens with one attached hydrogen (secondary N) is 1. The summed E-state index contributed by atoms with van der Waals surface area (Å²) in [7, 11) is 0. The van der Waals surface area contributed by atoms with Crippen LogP contribution in [0.25, 0.3) is 0 Å². The van der Waals surface area contributed by atoms with Crippen LogP contribution in [0.15, 0.2) is 36.4 Å². The molecular formula is C17H21ClN2. The highest BCUT2D eigenvalue weighted by atomic mass is 35.5. The molecule has 2 aromatic carbocycles. The van der Waals surface area contributed by atoms with Crippen molar-refractivity contribution in [2.24, 2.45) is 5.73 Å². The molecular weight excluding hydrogens is 268 g/mol. The smallest absolute Gasteiger partial charge is 0.0636 e. The molecule has 0 fully saturated rings. The van der Waals surface area contributed by atoms with E-state index in [1.165, 1.54) is 16.7 Å². The highest BCUT2D eigenvalue weighted by Gasteiger charge is 2.11. The molecule has 2 aromatic rings. The van der Waals surface area contributed by atoms with Gasteiger partial charge in [0.2, 0.25) is 0 Å². The summed E-state index contributed by atoms with van der Waals surface area (Å²) in [5.74, 6) is 0. The molecule has 0 amide bonds. The second kappa shape index (κ2) is 6.29. The number of hydrogen-bond donors (Lipinski definition) is 2. The fraction of sp³-hybridized carbons (Fsp3) is 0.294. The van der Waals surface area contributed by atoms with Gasteiger partial charge in [0.05, 0.1) is 6.04 Å². The minimum atomic E-state index is 0.0902. The number of anilines is 1. The highest BCUT2D eigenvalue weighted by molar-refractivity contribution is 6.31. The zero-order valence-electron chi connectivity index (χ0n) is 12.2. The molecule has 2 rings (SSSR count). The van der Waals surface area contributed by atoms with Crippen LogP contribution in [0.3, 0.4) is 0 Å². The van der Waals surface area contributed by atoms with Crippen molar-refractivity contribution >= 4 is 17.3 Å². The summed E-state index contributed by atoms with van der Waals surface area (Å²) >= 11 is 6.17. The Hall–Kier alpha value is -1.51. The largest absolute Gasteiger partial charge is 0.377 e.